The third-order valence-corrected chi connectivity index (χ3v) is 5.80. The van der Waals surface area contributed by atoms with Crippen LogP contribution >= 0.6 is 22.9 Å². The van der Waals surface area contributed by atoms with E-state index in [4.69, 9.17) is 22.1 Å². The predicted molar refractivity (Wildman–Crippen MR) is 114 cm³/mol. The minimum atomic E-state index is -0.757. The molecule has 2 aromatic carbocycles. The average molecular weight is 478 g/mol. The predicted octanol–water partition coefficient (Wildman–Crippen LogP) is 3.67. The highest BCUT2D eigenvalue weighted by atomic mass is 35.5. The van der Waals surface area contributed by atoms with Crippen LogP contribution in [0.5, 0.6) is 10.8 Å². The zero-order chi connectivity index (χ0) is 23.0. The van der Waals surface area contributed by atoms with Gasteiger partial charge < -0.3 is 10.5 Å². The first-order valence-corrected chi connectivity index (χ1v) is 10.3. The second kappa shape index (κ2) is 8.52. The molecule has 0 fully saturated rings. The van der Waals surface area contributed by atoms with Crippen molar-refractivity contribution in [2.45, 2.75) is 13.5 Å². The normalized spacial score (nSPS) is 11.0. The Hall–Kier alpha value is -3.57. The van der Waals surface area contributed by atoms with Crippen LogP contribution in [-0.4, -0.2) is 25.2 Å². The van der Waals surface area contributed by atoms with Gasteiger partial charge in [0.15, 0.2) is 5.01 Å². The van der Waals surface area contributed by atoms with Crippen LogP contribution in [0.4, 0.5) is 8.78 Å². The van der Waals surface area contributed by atoms with Crippen molar-refractivity contribution in [1.82, 2.24) is 19.3 Å². The molecule has 0 aliphatic rings. The molecule has 0 saturated carbocycles. The second-order valence-corrected chi connectivity index (χ2v) is 8.00. The lowest BCUT2D eigenvalue weighted by Gasteiger charge is -2.08. The molecular weight excluding hydrogens is 464 g/mol. The Morgan fingerprint density at radius 3 is 2.59 bits per heavy atom. The summed E-state index contributed by atoms with van der Waals surface area (Å²) in [6.45, 7) is 1.34. The molecule has 0 unspecified atom stereocenters. The molecule has 2 heterocycles. The molecule has 0 spiro atoms. The van der Waals surface area contributed by atoms with Crippen LogP contribution < -0.4 is 16.2 Å². The molecule has 8 nitrogen and oxygen atoms in total. The summed E-state index contributed by atoms with van der Waals surface area (Å²) in [6.07, 6.45) is 1.18. The number of aromatic nitrogens is 4. The third kappa shape index (κ3) is 4.12. The van der Waals surface area contributed by atoms with Crippen LogP contribution in [0.3, 0.4) is 0 Å². The number of carbonyl (C=O) groups excluding carboxylic acids is 1. The first-order valence-electron chi connectivity index (χ1n) is 9.07. The van der Waals surface area contributed by atoms with Crippen molar-refractivity contribution in [2.75, 3.05) is 0 Å². The van der Waals surface area contributed by atoms with E-state index >= 15 is 0 Å². The summed E-state index contributed by atoms with van der Waals surface area (Å²) in [6, 6.07) is 7.98. The number of thiazole rings is 1. The van der Waals surface area contributed by atoms with E-state index in [9.17, 15) is 18.4 Å². The summed E-state index contributed by atoms with van der Waals surface area (Å²) in [5.74, 6) is -1.92. The highest BCUT2D eigenvalue weighted by Gasteiger charge is 2.17. The molecule has 164 valence electrons. The number of amides is 1. The van der Waals surface area contributed by atoms with Gasteiger partial charge in [-0.05, 0) is 37.3 Å². The molecular formula is C20H14ClF2N5O3S. The lowest BCUT2D eigenvalue weighted by molar-refractivity contribution is 0.1000. The van der Waals surface area contributed by atoms with E-state index in [-0.39, 0.29) is 27.9 Å². The fraction of sp³-hybridized carbons (Fsp3) is 0.100. The fourth-order valence-electron chi connectivity index (χ4n) is 2.86. The van der Waals surface area contributed by atoms with Gasteiger partial charge >= 0.3 is 5.69 Å². The number of nitrogens with zero attached hydrogens (tertiary/aromatic N) is 4. The molecule has 0 aliphatic carbocycles. The molecule has 32 heavy (non-hydrogen) atoms. The topological polar surface area (TPSA) is 105 Å². The summed E-state index contributed by atoms with van der Waals surface area (Å²) in [7, 11) is 0. The quantitative estimate of drug-likeness (QED) is 0.456. The smallest absolute Gasteiger partial charge is 0.350 e. The van der Waals surface area contributed by atoms with Crippen molar-refractivity contribution in [1.29, 1.82) is 0 Å². The van der Waals surface area contributed by atoms with Crippen molar-refractivity contribution in [2.24, 2.45) is 5.73 Å². The van der Waals surface area contributed by atoms with E-state index in [0.717, 1.165) is 32.7 Å². The number of benzene rings is 2. The largest absolute Gasteiger partial charge is 0.443 e. The molecule has 4 rings (SSSR count). The Labute approximate surface area is 188 Å². The highest BCUT2D eigenvalue weighted by Crippen LogP contribution is 2.35. The Morgan fingerprint density at radius 1 is 1.25 bits per heavy atom. The maximum absolute atomic E-state index is 13.9. The van der Waals surface area contributed by atoms with Gasteiger partial charge in [-0.3, -0.25) is 9.36 Å². The summed E-state index contributed by atoms with van der Waals surface area (Å²) in [5, 5.41) is 4.62. The van der Waals surface area contributed by atoms with Crippen LogP contribution in [0.15, 0.2) is 47.5 Å². The number of halogens is 3. The van der Waals surface area contributed by atoms with Crippen LogP contribution in [0.1, 0.15) is 21.1 Å². The Kier molecular flexibility index (Phi) is 5.76. The van der Waals surface area contributed by atoms with Gasteiger partial charge in [0.25, 0.3) is 5.91 Å². The number of nitrogens with two attached hydrogens (primary N) is 1. The first kappa shape index (κ1) is 21.7. The van der Waals surface area contributed by atoms with Crippen molar-refractivity contribution in [3.63, 3.8) is 0 Å². The van der Waals surface area contributed by atoms with Crippen LogP contribution in [-0.2, 0) is 6.54 Å². The van der Waals surface area contributed by atoms with Gasteiger partial charge in [-0.2, -0.15) is 9.78 Å². The Balaban J connectivity index is 1.60. The number of hydrogen-bond donors (Lipinski definition) is 1. The second-order valence-electron chi connectivity index (χ2n) is 6.63. The summed E-state index contributed by atoms with van der Waals surface area (Å²) in [4.78, 5) is 28.0. The van der Waals surface area contributed by atoms with E-state index in [0.29, 0.717) is 16.4 Å². The Morgan fingerprint density at radius 2 is 1.97 bits per heavy atom. The first-order chi connectivity index (χ1) is 15.2. The van der Waals surface area contributed by atoms with E-state index in [1.165, 1.54) is 30.6 Å². The van der Waals surface area contributed by atoms with Crippen molar-refractivity contribution in [3.8, 4) is 16.5 Å². The average Bonchev–Trinajstić information content (AvgIpc) is 3.29. The monoisotopic (exact) mass is 477 g/mol. The highest BCUT2D eigenvalue weighted by molar-refractivity contribution is 7.15. The number of primary amides is 1. The molecule has 12 heteroatoms. The molecule has 2 aromatic heterocycles. The maximum atomic E-state index is 13.9. The number of aryl methyl sites for hydroxylation is 1. The number of rotatable bonds is 6. The molecule has 0 aliphatic heterocycles. The van der Waals surface area contributed by atoms with Gasteiger partial charge in [0.05, 0.1) is 22.9 Å². The standard InChI is InChI=1S/C20H14ClF2N5O3S/c1-10-19(32-18(26-10)17(24)29)31-16-6-5-11(7-13(16)21)28-20(30)27(9-25-28)8-12-14(22)3-2-4-15(12)23/h2-7,9H,8H2,1H3,(H2,24,29). The minimum absolute atomic E-state index is 0.105. The van der Waals surface area contributed by atoms with E-state index in [1.807, 2.05) is 0 Å². The number of carbonyl (C=O) groups is 1. The molecule has 0 radical (unpaired) electrons. The van der Waals surface area contributed by atoms with E-state index in [2.05, 4.69) is 10.1 Å². The van der Waals surface area contributed by atoms with Crippen molar-refractivity contribution >= 4 is 28.8 Å². The number of hydrogen-bond acceptors (Lipinski definition) is 6. The zero-order valence-corrected chi connectivity index (χ0v) is 18.0. The van der Waals surface area contributed by atoms with E-state index in [1.54, 1.807) is 6.92 Å². The zero-order valence-electron chi connectivity index (χ0n) is 16.4. The van der Waals surface area contributed by atoms with Gasteiger partial charge in [0.2, 0.25) is 5.06 Å². The summed E-state index contributed by atoms with van der Waals surface area (Å²) < 4.78 is 35.6. The third-order valence-electron chi connectivity index (χ3n) is 4.45. The van der Waals surface area contributed by atoms with Crippen molar-refractivity contribution < 1.29 is 18.3 Å². The van der Waals surface area contributed by atoms with Crippen molar-refractivity contribution in [3.05, 3.63) is 86.1 Å². The van der Waals surface area contributed by atoms with Crippen LogP contribution in [0.25, 0.3) is 5.69 Å². The fourth-order valence-corrected chi connectivity index (χ4v) is 3.86. The molecule has 0 bridgehead atoms. The minimum Gasteiger partial charge on any atom is -0.443 e. The molecule has 0 atom stereocenters. The lowest BCUT2D eigenvalue weighted by atomic mass is 10.2. The molecule has 1 amide bonds. The van der Waals surface area contributed by atoms with Gasteiger partial charge in [-0.1, -0.05) is 29.0 Å². The van der Waals surface area contributed by atoms with Gasteiger partial charge in [0.1, 0.15) is 23.7 Å². The van der Waals surface area contributed by atoms with Crippen LogP contribution in [0.2, 0.25) is 5.02 Å². The molecule has 0 saturated heterocycles. The lowest BCUT2D eigenvalue weighted by Crippen LogP contribution is -2.24. The summed E-state index contributed by atoms with van der Waals surface area (Å²) in [5.41, 5.74) is 5.17. The maximum Gasteiger partial charge on any atom is 0.350 e. The molecule has 4 aromatic rings. The van der Waals surface area contributed by atoms with Gasteiger partial charge in [0, 0.05) is 5.56 Å². The van der Waals surface area contributed by atoms with Gasteiger partial charge in [-0.25, -0.2) is 18.6 Å². The Bertz CT molecular complexity index is 1380. The molecule has 2 N–H and O–H groups in total. The van der Waals surface area contributed by atoms with E-state index < -0.39 is 23.2 Å². The SMILES string of the molecule is Cc1nc(C(N)=O)sc1Oc1ccc(-n2ncn(Cc3c(F)cccc3F)c2=O)cc1Cl. The number of ether oxygens (including phenoxy) is 1. The van der Waals surface area contributed by atoms with Crippen LogP contribution in [0, 0.1) is 18.6 Å². The van der Waals surface area contributed by atoms with Gasteiger partial charge in [-0.15, -0.1) is 0 Å². The summed E-state index contributed by atoms with van der Waals surface area (Å²) >= 11 is 7.28.